The van der Waals surface area contributed by atoms with Crippen LogP contribution in [0.5, 0.6) is 0 Å². The quantitative estimate of drug-likeness (QED) is 0.809. The van der Waals surface area contributed by atoms with Gasteiger partial charge in [0.15, 0.2) is 0 Å². The summed E-state index contributed by atoms with van der Waals surface area (Å²) in [4.78, 5) is 16.3. The summed E-state index contributed by atoms with van der Waals surface area (Å²) in [6.07, 6.45) is 0. The van der Waals surface area contributed by atoms with Gasteiger partial charge >= 0.3 is 0 Å². The predicted molar refractivity (Wildman–Crippen MR) is 78.2 cm³/mol. The van der Waals surface area contributed by atoms with E-state index in [1.54, 1.807) is 16.7 Å². The smallest absolute Gasteiger partial charge is 0.255 e. The molecule has 0 aliphatic rings. The normalized spacial score (nSPS) is 11.0. The van der Waals surface area contributed by atoms with Crippen molar-refractivity contribution >= 4 is 23.2 Å². The molecule has 5 heteroatoms. The summed E-state index contributed by atoms with van der Waals surface area (Å²) in [5, 5.41) is 0.912. The van der Waals surface area contributed by atoms with E-state index >= 15 is 0 Å². The molecule has 2 aromatic rings. The lowest BCUT2D eigenvalue weighted by Gasteiger charge is -2.14. The Morgan fingerprint density at radius 3 is 2.42 bits per heavy atom. The minimum atomic E-state index is -0.140. The fraction of sp³-hybridized carbons (Fsp3) is 0.286. The first-order chi connectivity index (χ1) is 8.97. The van der Waals surface area contributed by atoms with Gasteiger partial charge in [-0.3, -0.25) is 9.36 Å². The number of nitrogens with zero attached hydrogens (tertiary/aromatic N) is 2. The molecule has 3 nitrogen and oxygen atoms in total. The minimum absolute atomic E-state index is 0.124. The van der Waals surface area contributed by atoms with Crippen LogP contribution in [0.4, 0.5) is 0 Å². The van der Waals surface area contributed by atoms with Gasteiger partial charge in [-0.2, -0.15) is 0 Å². The van der Waals surface area contributed by atoms with Crippen molar-refractivity contribution in [1.82, 2.24) is 9.55 Å². The second-order valence-corrected chi connectivity index (χ2v) is 5.47. The second kappa shape index (κ2) is 5.76. The molecule has 1 aromatic heterocycles. The van der Waals surface area contributed by atoms with Crippen molar-refractivity contribution in [3.63, 3.8) is 0 Å². The molecular formula is C14H14Cl2N2O. The molecule has 100 valence electrons. The zero-order valence-electron chi connectivity index (χ0n) is 10.7. The number of benzene rings is 1. The molecule has 19 heavy (non-hydrogen) atoms. The highest BCUT2D eigenvalue weighted by Crippen LogP contribution is 2.15. The van der Waals surface area contributed by atoms with Crippen LogP contribution in [-0.4, -0.2) is 9.55 Å². The van der Waals surface area contributed by atoms with Gasteiger partial charge in [0.25, 0.3) is 5.56 Å². The van der Waals surface area contributed by atoms with E-state index in [0.29, 0.717) is 17.4 Å². The zero-order valence-corrected chi connectivity index (χ0v) is 12.2. The molecule has 0 aliphatic carbocycles. The lowest BCUT2D eigenvalue weighted by atomic mass is 10.1. The SMILES string of the molecule is CC(C)c1nc(Cl)cc(=O)n1Cc1ccc(Cl)cc1. The molecule has 1 aromatic carbocycles. The first-order valence-corrected chi connectivity index (χ1v) is 6.74. The summed E-state index contributed by atoms with van der Waals surface area (Å²) in [6, 6.07) is 8.74. The van der Waals surface area contributed by atoms with Crippen LogP contribution in [0.15, 0.2) is 35.1 Å². The average molecular weight is 297 g/mol. The Bertz CT molecular complexity index is 633. The van der Waals surface area contributed by atoms with E-state index in [4.69, 9.17) is 23.2 Å². The van der Waals surface area contributed by atoms with Crippen molar-refractivity contribution in [3.05, 3.63) is 62.2 Å². The fourth-order valence-corrected chi connectivity index (χ4v) is 2.17. The molecule has 0 aliphatic heterocycles. The molecule has 0 amide bonds. The van der Waals surface area contributed by atoms with Crippen molar-refractivity contribution < 1.29 is 0 Å². The first kappa shape index (κ1) is 14.1. The molecule has 0 bridgehead atoms. The third kappa shape index (κ3) is 3.37. The van der Waals surface area contributed by atoms with Crippen LogP contribution in [0.25, 0.3) is 0 Å². The standard InChI is InChI=1S/C14H14Cl2N2O/c1-9(2)14-17-12(16)7-13(19)18(14)8-10-3-5-11(15)6-4-10/h3-7,9H,8H2,1-2H3. The number of hydrogen-bond acceptors (Lipinski definition) is 2. The Morgan fingerprint density at radius 1 is 1.21 bits per heavy atom. The maximum atomic E-state index is 12.0. The van der Waals surface area contributed by atoms with Crippen molar-refractivity contribution in [2.24, 2.45) is 0 Å². The number of hydrogen-bond donors (Lipinski definition) is 0. The van der Waals surface area contributed by atoms with Crippen LogP contribution in [0, 0.1) is 0 Å². The first-order valence-electron chi connectivity index (χ1n) is 5.99. The van der Waals surface area contributed by atoms with Crippen molar-refractivity contribution in [3.8, 4) is 0 Å². The summed E-state index contributed by atoms with van der Waals surface area (Å²) >= 11 is 11.7. The molecule has 0 spiro atoms. The molecule has 0 fully saturated rings. The highest BCUT2D eigenvalue weighted by Gasteiger charge is 2.11. The summed E-state index contributed by atoms with van der Waals surface area (Å²) in [5.74, 6) is 0.811. The molecule has 0 N–H and O–H groups in total. The van der Waals surface area contributed by atoms with Gasteiger partial charge in [-0.1, -0.05) is 49.2 Å². The van der Waals surface area contributed by atoms with Crippen LogP contribution in [0.3, 0.4) is 0 Å². The van der Waals surface area contributed by atoms with Crippen molar-refractivity contribution in [1.29, 1.82) is 0 Å². The van der Waals surface area contributed by atoms with E-state index in [1.807, 2.05) is 26.0 Å². The molecule has 2 rings (SSSR count). The van der Waals surface area contributed by atoms with Crippen LogP contribution in [0.1, 0.15) is 31.2 Å². The number of aromatic nitrogens is 2. The third-order valence-electron chi connectivity index (χ3n) is 2.78. The van der Waals surface area contributed by atoms with Gasteiger partial charge in [-0.25, -0.2) is 4.98 Å². The number of halogens is 2. The lowest BCUT2D eigenvalue weighted by molar-refractivity contribution is 0.625. The fourth-order valence-electron chi connectivity index (χ4n) is 1.87. The van der Waals surface area contributed by atoms with E-state index < -0.39 is 0 Å². The van der Waals surface area contributed by atoms with Crippen LogP contribution >= 0.6 is 23.2 Å². The summed E-state index contributed by atoms with van der Waals surface area (Å²) in [5.41, 5.74) is 0.858. The van der Waals surface area contributed by atoms with Crippen molar-refractivity contribution in [2.75, 3.05) is 0 Å². The Hall–Kier alpha value is -1.32. The lowest BCUT2D eigenvalue weighted by Crippen LogP contribution is -2.25. The molecule has 1 heterocycles. The van der Waals surface area contributed by atoms with E-state index in [9.17, 15) is 4.79 Å². The predicted octanol–water partition coefficient (Wildman–Crippen LogP) is 3.72. The van der Waals surface area contributed by atoms with E-state index in [2.05, 4.69) is 4.98 Å². The maximum absolute atomic E-state index is 12.0. The monoisotopic (exact) mass is 296 g/mol. The molecular weight excluding hydrogens is 283 g/mol. The van der Waals surface area contributed by atoms with Crippen LogP contribution in [-0.2, 0) is 6.54 Å². The van der Waals surface area contributed by atoms with Crippen LogP contribution < -0.4 is 5.56 Å². The Labute approximate surface area is 121 Å². The average Bonchev–Trinajstić information content (AvgIpc) is 2.34. The number of rotatable bonds is 3. The Kier molecular flexibility index (Phi) is 4.27. The molecule has 0 saturated heterocycles. The van der Waals surface area contributed by atoms with E-state index in [1.165, 1.54) is 6.07 Å². The largest absolute Gasteiger partial charge is 0.292 e. The topological polar surface area (TPSA) is 34.9 Å². The Morgan fingerprint density at radius 2 is 1.84 bits per heavy atom. The van der Waals surface area contributed by atoms with Gasteiger partial charge in [0.2, 0.25) is 0 Å². The molecule has 0 saturated carbocycles. The minimum Gasteiger partial charge on any atom is -0.292 e. The second-order valence-electron chi connectivity index (χ2n) is 4.64. The van der Waals surface area contributed by atoms with E-state index in [-0.39, 0.29) is 16.6 Å². The van der Waals surface area contributed by atoms with Gasteiger partial charge in [0.1, 0.15) is 11.0 Å². The van der Waals surface area contributed by atoms with Gasteiger partial charge in [-0.15, -0.1) is 0 Å². The molecule has 0 atom stereocenters. The van der Waals surface area contributed by atoms with Crippen molar-refractivity contribution in [2.45, 2.75) is 26.3 Å². The van der Waals surface area contributed by atoms with Gasteiger partial charge in [0, 0.05) is 17.0 Å². The summed E-state index contributed by atoms with van der Waals surface area (Å²) in [7, 11) is 0. The van der Waals surface area contributed by atoms with Crippen LogP contribution in [0.2, 0.25) is 10.2 Å². The van der Waals surface area contributed by atoms with Gasteiger partial charge in [-0.05, 0) is 17.7 Å². The molecule has 0 unspecified atom stereocenters. The highest BCUT2D eigenvalue weighted by atomic mass is 35.5. The summed E-state index contributed by atoms with van der Waals surface area (Å²) < 4.78 is 1.64. The zero-order chi connectivity index (χ0) is 14.0. The van der Waals surface area contributed by atoms with Gasteiger partial charge in [0.05, 0.1) is 6.54 Å². The third-order valence-corrected chi connectivity index (χ3v) is 3.22. The molecule has 0 radical (unpaired) electrons. The highest BCUT2D eigenvalue weighted by molar-refractivity contribution is 6.30. The Balaban J connectivity index is 2.44. The van der Waals surface area contributed by atoms with E-state index in [0.717, 1.165) is 5.56 Å². The summed E-state index contributed by atoms with van der Waals surface area (Å²) in [6.45, 7) is 4.43. The van der Waals surface area contributed by atoms with Gasteiger partial charge < -0.3 is 0 Å². The maximum Gasteiger partial charge on any atom is 0.255 e.